The van der Waals surface area contributed by atoms with E-state index in [-0.39, 0.29) is 18.8 Å². The van der Waals surface area contributed by atoms with Gasteiger partial charge in [-0.2, -0.15) is 0 Å². The van der Waals surface area contributed by atoms with Gasteiger partial charge >= 0.3 is 11.9 Å². The van der Waals surface area contributed by atoms with Gasteiger partial charge in [0.05, 0.1) is 6.42 Å². The van der Waals surface area contributed by atoms with E-state index in [4.69, 9.17) is 10.2 Å². The molecule has 86 valence electrons. The van der Waals surface area contributed by atoms with Crippen LogP contribution in [0.15, 0.2) is 30.3 Å². The van der Waals surface area contributed by atoms with Gasteiger partial charge in [0.15, 0.2) is 0 Å². The Morgan fingerprint density at radius 3 is 2.19 bits per heavy atom. The highest BCUT2D eigenvalue weighted by Crippen LogP contribution is 2.24. The second-order valence-corrected chi connectivity index (χ2v) is 3.64. The third-order valence-electron chi connectivity index (χ3n) is 2.40. The van der Waals surface area contributed by atoms with Crippen molar-refractivity contribution in [2.24, 2.45) is 0 Å². The summed E-state index contributed by atoms with van der Waals surface area (Å²) >= 11 is 0. The lowest BCUT2D eigenvalue weighted by molar-refractivity contribution is -0.139. The molecule has 0 saturated carbocycles. The van der Waals surface area contributed by atoms with Crippen molar-refractivity contribution in [1.29, 1.82) is 0 Å². The fourth-order valence-corrected chi connectivity index (χ4v) is 1.62. The van der Waals surface area contributed by atoms with Crippen LogP contribution in [0.2, 0.25) is 0 Å². The van der Waals surface area contributed by atoms with E-state index in [1.165, 1.54) is 0 Å². The summed E-state index contributed by atoms with van der Waals surface area (Å²) in [5.41, 5.74) is 0.881. The number of hydrogen-bond acceptors (Lipinski definition) is 2. The lowest BCUT2D eigenvalue weighted by Gasteiger charge is -2.13. The van der Waals surface area contributed by atoms with Crippen molar-refractivity contribution in [1.82, 2.24) is 0 Å². The molecule has 0 amide bonds. The standard InChI is InChI=1S/C12H14O4/c13-11(14)7-6-10(8-12(15)16)9-4-2-1-3-5-9/h1-5,10H,6-8H2,(H,13,14)(H,15,16)/t10-/m0/s1. The van der Waals surface area contributed by atoms with E-state index >= 15 is 0 Å². The molecule has 16 heavy (non-hydrogen) atoms. The van der Waals surface area contributed by atoms with Gasteiger partial charge in [0.1, 0.15) is 0 Å². The van der Waals surface area contributed by atoms with Crippen molar-refractivity contribution in [3.63, 3.8) is 0 Å². The molecule has 1 atom stereocenters. The van der Waals surface area contributed by atoms with Crippen molar-refractivity contribution in [2.75, 3.05) is 0 Å². The molecular formula is C12H14O4. The smallest absolute Gasteiger partial charge is 0.303 e. The minimum absolute atomic E-state index is 0.00710. The molecule has 1 aromatic carbocycles. The summed E-state index contributed by atoms with van der Waals surface area (Å²) in [7, 11) is 0. The van der Waals surface area contributed by atoms with Gasteiger partial charge < -0.3 is 10.2 Å². The molecule has 0 spiro atoms. The Hall–Kier alpha value is -1.84. The van der Waals surface area contributed by atoms with Crippen molar-refractivity contribution in [3.05, 3.63) is 35.9 Å². The number of carboxylic acid groups (broad SMARTS) is 2. The van der Waals surface area contributed by atoms with E-state index in [0.29, 0.717) is 6.42 Å². The Kier molecular flexibility index (Phi) is 4.51. The zero-order chi connectivity index (χ0) is 12.0. The van der Waals surface area contributed by atoms with Crippen LogP contribution in [0.5, 0.6) is 0 Å². The first-order valence-electron chi connectivity index (χ1n) is 5.08. The Morgan fingerprint density at radius 1 is 1.06 bits per heavy atom. The lowest BCUT2D eigenvalue weighted by Crippen LogP contribution is -2.08. The van der Waals surface area contributed by atoms with E-state index in [1.54, 1.807) is 0 Å². The summed E-state index contributed by atoms with van der Waals surface area (Å²) in [5, 5.41) is 17.4. The van der Waals surface area contributed by atoms with Gasteiger partial charge in [-0.05, 0) is 17.9 Å². The highest BCUT2D eigenvalue weighted by molar-refractivity contribution is 5.69. The molecule has 0 bridgehead atoms. The van der Waals surface area contributed by atoms with E-state index < -0.39 is 11.9 Å². The molecule has 0 aliphatic heterocycles. The summed E-state index contributed by atoms with van der Waals surface area (Å²) in [6, 6.07) is 9.15. The molecule has 1 aromatic rings. The molecule has 0 aromatic heterocycles. The summed E-state index contributed by atoms with van der Waals surface area (Å²) in [5.74, 6) is -2.03. The number of benzene rings is 1. The van der Waals surface area contributed by atoms with Crippen LogP contribution in [-0.2, 0) is 9.59 Å². The zero-order valence-electron chi connectivity index (χ0n) is 8.80. The van der Waals surface area contributed by atoms with Crippen LogP contribution < -0.4 is 0 Å². The van der Waals surface area contributed by atoms with Gasteiger partial charge in [0.2, 0.25) is 0 Å². The first-order chi connectivity index (χ1) is 7.59. The van der Waals surface area contributed by atoms with E-state index in [1.807, 2.05) is 30.3 Å². The van der Waals surface area contributed by atoms with Crippen molar-refractivity contribution < 1.29 is 19.8 Å². The Balaban J connectivity index is 2.71. The number of aliphatic carboxylic acids is 2. The van der Waals surface area contributed by atoms with Gasteiger partial charge in [0, 0.05) is 6.42 Å². The SMILES string of the molecule is O=C(O)CC[C@@H](CC(=O)O)c1ccccc1. The minimum atomic E-state index is -0.903. The number of carboxylic acids is 2. The maximum atomic E-state index is 10.7. The topological polar surface area (TPSA) is 74.6 Å². The Morgan fingerprint density at radius 2 is 1.69 bits per heavy atom. The van der Waals surface area contributed by atoms with Crippen LogP contribution in [-0.4, -0.2) is 22.2 Å². The summed E-state index contributed by atoms with van der Waals surface area (Å²) in [6.07, 6.45) is 0.315. The average Bonchev–Trinajstić information content (AvgIpc) is 2.25. The van der Waals surface area contributed by atoms with Gasteiger partial charge in [-0.25, -0.2) is 0 Å². The molecule has 0 aliphatic rings. The molecule has 2 N–H and O–H groups in total. The normalized spacial score (nSPS) is 12.0. The average molecular weight is 222 g/mol. The molecule has 0 aliphatic carbocycles. The predicted molar refractivity (Wildman–Crippen MR) is 58.3 cm³/mol. The van der Waals surface area contributed by atoms with Gasteiger partial charge in [-0.3, -0.25) is 9.59 Å². The monoisotopic (exact) mass is 222 g/mol. The molecule has 4 heteroatoms. The molecule has 4 nitrogen and oxygen atoms in total. The fourth-order valence-electron chi connectivity index (χ4n) is 1.62. The maximum Gasteiger partial charge on any atom is 0.303 e. The van der Waals surface area contributed by atoms with Gasteiger partial charge in [-0.1, -0.05) is 30.3 Å². The lowest BCUT2D eigenvalue weighted by atomic mass is 9.91. The second kappa shape index (κ2) is 5.90. The highest BCUT2D eigenvalue weighted by atomic mass is 16.4. The molecular weight excluding hydrogens is 208 g/mol. The number of carbonyl (C=O) groups is 2. The first-order valence-corrected chi connectivity index (χ1v) is 5.08. The Labute approximate surface area is 93.5 Å². The van der Waals surface area contributed by atoms with Crippen LogP contribution in [0.1, 0.15) is 30.7 Å². The van der Waals surface area contributed by atoms with Crippen molar-refractivity contribution >= 4 is 11.9 Å². The van der Waals surface area contributed by atoms with Gasteiger partial charge in [-0.15, -0.1) is 0 Å². The maximum absolute atomic E-state index is 10.7. The molecule has 0 radical (unpaired) electrons. The minimum Gasteiger partial charge on any atom is -0.481 e. The molecule has 0 fully saturated rings. The summed E-state index contributed by atoms with van der Waals surface area (Å²) < 4.78 is 0. The van der Waals surface area contributed by atoms with E-state index in [0.717, 1.165) is 5.56 Å². The van der Waals surface area contributed by atoms with E-state index in [2.05, 4.69) is 0 Å². The second-order valence-electron chi connectivity index (χ2n) is 3.64. The van der Waals surface area contributed by atoms with Crippen molar-refractivity contribution in [2.45, 2.75) is 25.2 Å². The van der Waals surface area contributed by atoms with Crippen LogP contribution in [0.25, 0.3) is 0 Å². The van der Waals surface area contributed by atoms with E-state index in [9.17, 15) is 9.59 Å². The van der Waals surface area contributed by atoms with Gasteiger partial charge in [0.25, 0.3) is 0 Å². The van der Waals surface area contributed by atoms with Crippen LogP contribution in [0.3, 0.4) is 0 Å². The zero-order valence-corrected chi connectivity index (χ0v) is 8.80. The fraction of sp³-hybridized carbons (Fsp3) is 0.333. The largest absolute Gasteiger partial charge is 0.481 e. The van der Waals surface area contributed by atoms with Crippen LogP contribution >= 0.6 is 0 Å². The third-order valence-corrected chi connectivity index (χ3v) is 2.40. The number of rotatable bonds is 6. The quantitative estimate of drug-likeness (QED) is 0.773. The van der Waals surface area contributed by atoms with Crippen molar-refractivity contribution in [3.8, 4) is 0 Å². The molecule has 1 rings (SSSR count). The molecule has 0 saturated heterocycles. The van der Waals surface area contributed by atoms with Crippen LogP contribution in [0.4, 0.5) is 0 Å². The highest BCUT2D eigenvalue weighted by Gasteiger charge is 2.16. The first kappa shape index (κ1) is 12.2. The molecule has 0 heterocycles. The molecule has 0 unspecified atom stereocenters. The van der Waals surface area contributed by atoms with Crippen LogP contribution in [0, 0.1) is 0 Å². The predicted octanol–water partition coefficient (Wildman–Crippen LogP) is 2.11. The summed E-state index contributed by atoms with van der Waals surface area (Å²) in [6.45, 7) is 0. The number of hydrogen-bond donors (Lipinski definition) is 2. The third kappa shape index (κ3) is 4.13. The summed E-state index contributed by atoms with van der Waals surface area (Å²) in [4.78, 5) is 21.2. The Bertz CT molecular complexity index is 359.